The summed E-state index contributed by atoms with van der Waals surface area (Å²) in [5.41, 5.74) is 0. The van der Waals surface area contributed by atoms with E-state index in [0.29, 0.717) is 19.3 Å². The van der Waals surface area contributed by atoms with E-state index >= 15 is 0 Å². The molecule has 1 aromatic rings. The summed E-state index contributed by atoms with van der Waals surface area (Å²) in [6.07, 6.45) is 1.37. The van der Waals surface area contributed by atoms with E-state index in [0.717, 1.165) is 18.8 Å². The number of benzene rings is 1. The average Bonchev–Trinajstić information content (AvgIpc) is 2.44. The number of rotatable bonds is 8. The van der Waals surface area contributed by atoms with Gasteiger partial charge < -0.3 is 19.5 Å². The van der Waals surface area contributed by atoms with Crippen LogP contribution in [0.3, 0.4) is 0 Å². The minimum absolute atomic E-state index is 0.173. The topological polar surface area (TPSA) is 39.7 Å². The number of hydrogen-bond acceptors (Lipinski definition) is 4. The first-order valence-corrected chi connectivity index (χ1v) is 6.93. The van der Waals surface area contributed by atoms with Crippen molar-refractivity contribution in [2.24, 2.45) is 0 Å². The zero-order valence-electron chi connectivity index (χ0n) is 11.7. The molecular weight excluding hydrogens is 242 g/mol. The van der Waals surface area contributed by atoms with Crippen molar-refractivity contribution < 1.29 is 14.2 Å². The summed E-state index contributed by atoms with van der Waals surface area (Å²) in [6, 6.07) is 10.2. The van der Waals surface area contributed by atoms with Crippen LogP contribution in [-0.2, 0) is 9.47 Å². The number of nitrogens with one attached hydrogen (secondary N) is 1. The zero-order chi connectivity index (χ0) is 13.5. The summed E-state index contributed by atoms with van der Waals surface area (Å²) >= 11 is 0. The molecule has 4 nitrogen and oxygen atoms in total. The summed E-state index contributed by atoms with van der Waals surface area (Å²) in [4.78, 5) is 0. The van der Waals surface area contributed by atoms with Gasteiger partial charge >= 0.3 is 0 Å². The number of para-hydroxylation sites is 1. The van der Waals surface area contributed by atoms with Gasteiger partial charge in [0.2, 0.25) is 0 Å². The maximum Gasteiger partial charge on any atom is 0.119 e. The second kappa shape index (κ2) is 7.48. The highest BCUT2D eigenvalue weighted by molar-refractivity contribution is 5.20. The van der Waals surface area contributed by atoms with Crippen molar-refractivity contribution in [3.8, 4) is 5.75 Å². The summed E-state index contributed by atoms with van der Waals surface area (Å²) in [5.74, 6) is 0.883. The molecule has 1 fully saturated rings. The van der Waals surface area contributed by atoms with Crippen molar-refractivity contribution in [3.63, 3.8) is 0 Å². The van der Waals surface area contributed by atoms with Crippen molar-refractivity contribution in [1.82, 2.24) is 5.32 Å². The molecule has 0 spiro atoms. The van der Waals surface area contributed by atoms with Gasteiger partial charge in [0.15, 0.2) is 0 Å². The first-order valence-electron chi connectivity index (χ1n) is 6.93. The molecule has 0 bridgehead atoms. The van der Waals surface area contributed by atoms with Crippen molar-refractivity contribution >= 4 is 0 Å². The van der Waals surface area contributed by atoms with E-state index in [-0.39, 0.29) is 12.2 Å². The monoisotopic (exact) mass is 265 g/mol. The van der Waals surface area contributed by atoms with Gasteiger partial charge in [0.05, 0.1) is 18.8 Å². The van der Waals surface area contributed by atoms with Gasteiger partial charge in [0, 0.05) is 12.6 Å². The second-order valence-electron chi connectivity index (χ2n) is 4.62. The van der Waals surface area contributed by atoms with E-state index in [1.807, 2.05) is 44.3 Å². The molecule has 0 radical (unpaired) electrons. The third-order valence-corrected chi connectivity index (χ3v) is 3.41. The molecule has 0 aliphatic heterocycles. The molecule has 19 heavy (non-hydrogen) atoms. The predicted molar refractivity (Wildman–Crippen MR) is 74.6 cm³/mol. The van der Waals surface area contributed by atoms with Crippen LogP contribution in [-0.4, -0.2) is 45.1 Å². The lowest BCUT2D eigenvalue weighted by Crippen LogP contribution is -2.59. The molecule has 1 aliphatic carbocycles. The SMILES string of the molecule is CCOC1C(NC)CC1OCCOc1ccccc1. The molecule has 1 aromatic carbocycles. The Morgan fingerprint density at radius 2 is 1.95 bits per heavy atom. The molecule has 1 aliphatic rings. The summed E-state index contributed by atoms with van der Waals surface area (Å²) in [5, 5.41) is 3.25. The Balaban J connectivity index is 1.63. The van der Waals surface area contributed by atoms with E-state index < -0.39 is 0 Å². The Morgan fingerprint density at radius 3 is 2.63 bits per heavy atom. The van der Waals surface area contributed by atoms with Gasteiger partial charge in [0.1, 0.15) is 12.4 Å². The van der Waals surface area contributed by atoms with Crippen LogP contribution >= 0.6 is 0 Å². The minimum Gasteiger partial charge on any atom is -0.491 e. The van der Waals surface area contributed by atoms with Crippen molar-refractivity contribution in [3.05, 3.63) is 30.3 Å². The molecule has 0 aromatic heterocycles. The fourth-order valence-corrected chi connectivity index (χ4v) is 2.32. The van der Waals surface area contributed by atoms with Crippen LogP contribution in [0.25, 0.3) is 0 Å². The van der Waals surface area contributed by atoms with Gasteiger partial charge in [-0.25, -0.2) is 0 Å². The highest BCUT2D eigenvalue weighted by Crippen LogP contribution is 2.27. The van der Waals surface area contributed by atoms with Gasteiger partial charge in [-0.15, -0.1) is 0 Å². The van der Waals surface area contributed by atoms with Crippen LogP contribution in [0.1, 0.15) is 13.3 Å². The van der Waals surface area contributed by atoms with Gasteiger partial charge in [-0.3, -0.25) is 0 Å². The summed E-state index contributed by atoms with van der Waals surface area (Å²) in [6.45, 7) is 3.91. The highest BCUT2D eigenvalue weighted by atomic mass is 16.6. The van der Waals surface area contributed by atoms with Crippen LogP contribution in [0.2, 0.25) is 0 Å². The lowest BCUT2D eigenvalue weighted by atomic mass is 9.85. The van der Waals surface area contributed by atoms with Crippen LogP contribution in [0.5, 0.6) is 5.75 Å². The van der Waals surface area contributed by atoms with Crippen molar-refractivity contribution in [1.29, 1.82) is 0 Å². The highest BCUT2D eigenvalue weighted by Gasteiger charge is 2.41. The maximum atomic E-state index is 5.81. The fraction of sp³-hybridized carbons (Fsp3) is 0.600. The number of hydrogen-bond donors (Lipinski definition) is 1. The molecule has 0 heterocycles. The molecule has 1 N–H and O–H groups in total. The Labute approximate surface area is 115 Å². The quantitative estimate of drug-likeness (QED) is 0.728. The van der Waals surface area contributed by atoms with Crippen LogP contribution in [0.4, 0.5) is 0 Å². The lowest BCUT2D eigenvalue weighted by Gasteiger charge is -2.43. The maximum absolute atomic E-state index is 5.81. The number of likely N-dealkylation sites (N-methyl/N-ethyl adjacent to an activating group) is 1. The Kier molecular flexibility index (Phi) is 5.63. The third kappa shape index (κ3) is 3.93. The lowest BCUT2D eigenvalue weighted by molar-refractivity contribution is -0.146. The van der Waals surface area contributed by atoms with E-state index in [1.165, 1.54) is 0 Å². The summed E-state index contributed by atoms with van der Waals surface area (Å²) < 4.78 is 17.1. The predicted octanol–water partition coefficient (Wildman–Crippen LogP) is 1.85. The van der Waals surface area contributed by atoms with Gasteiger partial charge in [-0.2, -0.15) is 0 Å². The van der Waals surface area contributed by atoms with Crippen molar-refractivity contribution in [2.45, 2.75) is 31.6 Å². The normalized spacial score (nSPS) is 25.9. The molecule has 1 saturated carbocycles. The molecule has 0 amide bonds. The smallest absolute Gasteiger partial charge is 0.119 e. The molecule has 4 heteroatoms. The van der Waals surface area contributed by atoms with Crippen LogP contribution < -0.4 is 10.1 Å². The standard InChI is InChI=1S/C15H23NO3/c1-3-17-15-13(16-2)11-14(15)19-10-9-18-12-7-5-4-6-8-12/h4-8,13-16H,3,9-11H2,1-2H3. The zero-order valence-corrected chi connectivity index (χ0v) is 11.7. The van der Waals surface area contributed by atoms with E-state index in [9.17, 15) is 0 Å². The Morgan fingerprint density at radius 1 is 1.16 bits per heavy atom. The van der Waals surface area contributed by atoms with Crippen LogP contribution in [0, 0.1) is 0 Å². The van der Waals surface area contributed by atoms with Gasteiger partial charge in [-0.05, 0) is 32.5 Å². The molecule has 0 saturated heterocycles. The Hall–Kier alpha value is -1.10. The third-order valence-electron chi connectivity index (χ3n) is 3.41. The number of ether oxygens (including phenoxy) is 3. The van der Waals surface area contributed by atoms with Gasteiger partial charge in [0.25, 0.3) is 0 Å². The first-order chi connectivity index (χ1) is 9.35. The second-order valence-corrected chi connectivity index (χ2v) is 4.62. The fourth-order valence-electron chi connectivity index (χ4n) is 2.32. The van der Waals surface area contributed by atoms with E-state index in [2.05, 4.69) is 5.32 Å². The Bertz CT molecular complexity index is 358. The molecular formula is C15H23NO3. The molecule has 106 valence electrons. The van der Waals surface area contributed by atoms with Crippen molar-refractivity contribution in [2.75, 3.05) is 26.9 Å². The molecule has 2 rings (SSSR count). The van der Waals surface area contributed by atoms with E-state index in [4.69, 9.17) is 14.2 Å². The largest absolute Gasteiger partial charge is 0.491 e. The van der Waals surface area contributed by atoms with E-state index in [1.54, 1.807) is 0 Å². The molecule has 3 unspecified atom stereocenters. The first kappa shape index (κ1) is 14.3. The summed E-state index contributed by atoms with van der Waals surface area (Å²) in [7, 11) is 1.96. The average molecular weight is 265 g/mol. The minimum atomic E-state index is 0.173. The molecule has 3 atom stereocenters. The van der Waals surface area contributed by atoms with Crippen LogP contribution in [0.15, 0.2) is 30.3 Å². The van der Waals surface area contributed by atoms with Gasteiger partial charge in [-0.1, -0.05) is 18.2 Å².